The predicted octanol–water partition coefficient (Wildman–Crippen LogP) is 2.59. The lowest BCUT2D eigenvalue weighted by atomic mass is 10.0. The molecule has 0 aliphatic carbocycles. The first-order valence-corrected chi connectivity index (χ1v) is 10.6. The minimum Gasteiger partial charge on any atom is -0.496 e. The summed E-state index contributed by atoms with van der Waals surface area (Å²) in [6.45, 7) is 0.268. The first-order chi connectivity index (χ1) is 16.5. The number of methoxy groups -OCH3 is 2. The van der Waals surface area contributed by atoms with Crippen LogP contribution in [0.2, 0.25) is 5.02 Å². The number of aromatic nitrogens is 2. The van der Waals surface area contributed by atoms with E-state index in [2.05, 4.69) is 20.9 Å². The van der Waals surface area contributed by atoms with Crippen molar-refractivity contribution in [2.45, 2.75) is 25.6 Å². The summed E-state index contributed by atoms with van der Waals surface area (Å²) in [5.74, 6) is 0.953. The van der Waals surface area contributed by atoms with Crippen molar-refractivity contribution in [3.8, 4) is 11.5 Å². The predicted molar refractivity (Wildman–Crippen MR) is 122 cm³/mol. The number of carbonyl (C=O) groups is 2. The molecule has 0 saturated heterocycles. The molecule has 1 aromatic carbocycles. The van der Waals surface area contributed by atoms with Gasteiger partial charge in [-0.25, -0.2) is 0 Å². The molecule has 1 atom stereocenters. The van der Waals surface area contributed by atoms with E-state index in [1.807, 2.05) is 0 Å². The molecule has 2 amide bonds. The van der Waals surface area contributed by atoms with Gasteiger partial charge in [0.25, 0.3) is 5.91 Å². The minimum absolute atomic E-state index is 0.0121. The van der Waals surface area contributed by atoms with Gasteiger partial charge in [0, 0.05) is 24.2 Å². The highest BCUT2D eigenvalue weighted by Crippen LogP contribution is 2.34. The molecule has 178 valence electrons. The van der Waals surface area contributed by atoms with Crippen LogP contribution in [0.5, 0.6) is 11.5 Å². The summed E-state index contributed by atoms with van der Waals surface area (Å²) in [4.78, 5) is 30.1. The molecule has 2 N–H and O–H groups in total. The van der Waals surface area contributed by atoms with Gasteiger partial charge in [-0.2, -0.15) is 5.10 Å². The van der Waals surface area contributed by atoms with Crippen LogP contribution in [-0.2, 0) is 27.5 Å². The Bertz CT molecular complexity index is 1210. The number of oxime groups is 1. The smallest absolute Gasteiger partial charge is 0.268 e. The van der Waals surface area contributed by atoms with E-state index in [0.717, 1.165) is 0 Å². The quantitative estimate of drug-likeness (QED) is 0.474. The van der Waals surface area contributed by atoms with Crippen molar-refractivity contribution in [2.75, 3.05) is 19.5 Å². The van der Waals surface area contributed by atoms with Gasteiger partial charge in [-0.3, -0.25) is 14.3 Å². The van der Waals surface area contributed by atoms with Gasteiger partial charge >= 0.3 is 0 Å². The van der Waals surface area contributed by atoms with Crippen LogP contribution in [0.25, 0.3) is 0 Å². The third-order valence-corrected chi connectivity index (χ3v) is 5.29. The first kappa shape index (κ1) is 23.2. The summed E-state index contributed by atoms with van der Waals surface area (Å²) in [6.07, 6.45) is 3.90. The van der Waals surface area contributed by atoms with Gasteiger partial charge in [-0.05, 0) is 18.2 Å². The lowest BCUT2D eigenvalue weighted by molar-refractivity contribution is -0.125. The van der Waals surface area contributed by atoms with Crippen molar-refractivity contribution < 1.29 is 28.3 Å². The van der Waals surface area contributed by atoms with Crippen molar-refractivity contribution in [1.29, 1.82) is 0 Å². The fourth-order valence-electron chi connectivity index (χ4n) is 3.30. The van der Waals surface area contributed by atoms with Crippen LogP contribution in [0, 0.1) is 0 Å². The normalized spacial score (nSPS) is 14.8. The summed E-state index contributed by atoms with van der Waals surface area (Å²) in [5.41, 5.74) is 1.55. The molecule has 0 bridgehead atoms. The average molecular weight is 488 g/mol. The SMILES string of the molecule is COc1cc(OC)c(C2=NOC(C(=O)Nc3cnn(CC(=O)NCc4ccco4)c3)C2)cc1Cl. The van der Waals surface area contributed by atoms with Crippen LogP contribution in [0.1, 0.15) is 17.7 Å². The zero-order chi connectivity index (χ0) is 24.1. The Morgan fingerprint density at radius 1 is 1.26 bits per heavy atom. The minimum atomic E-state index is -0.847. The molecule has 11 nitrogen and oxygen atoms in total. The van der Waals surface area contributed by atoms with Gasteiger partial charge < -0.3 is 29.4 Å². The Balaban J connectivity index is 1.31. The Labute approximate surface area is 199 Å². The summed E-state index contributed by atoms with van der Waals surface area (Å²) < 4.78 is 17.2. The highest BCUT2D eigenvalue weighted by atomic mass is 35.5. The largest absolute Gasteiger partial charge is 0.496 e. The Hall–Kier alpha value is -3.99. The van der Waals surface area contributed by atoms with Crippen LogP contribution in [-0.4, -0.2) is 47.6 Å². The monoisotopic (exact) mass is 487 g/mol. The second kappa shape index (κ2) is 10.3. The van der Waals surface area contributed by atoms with Crippen molar-refractivity contribution in [1.82, 2.24) is 15.1 Å². The van der Waals surface area contributed by atoms with E-state index in [9.17, 15) is 9.59 Å². The summed E-state index contributed by atoms with van der Waals surface area (Å²) in [5, 5.41) is 14.0. The number of hydrogen-bond acceptors (Lipinski definition) is 8. The summed E-state index contributed by atoms with van der Waals surface area (Å²) in [7, 11) is 3.02. The maximum Gasteiger partial charge on any atom is 0.268 e. The number of ether oxygens (including phenoxy) is 2. The number of hydrogen-bond donors (Lipinski definition) is 2. The number of benzene rings is 1. The van der Waals surface area contributed by atoms with Gasteiger partial charge in [0.2, 0.25) is 12.0 Å². The number of anilines is 1. The molecule has 34 heavy (non-hydrogen) atoms. The zero-order valence-corrected chi connectivity index (χ0v) is 19.2. The number of nitrogens with one attached hydrogen (secondary N) is 2. The number of halogens is 1. The van der Waals surface area contributed by atoms with E-state index in [1.54, 1.807) is 30.5 Å². The topological polar surface area (TPSA) is 129 Å². The van der Waals surface area contributed by atoms with E-state index >= 15 is 0 Å². The molecule has 2 aromatic heterocycles. The fraction of sp³-hybridized carbons (Fsp3) is 0.273. The van der Waals surface area contributed by atoms with E-state index in [-0.39, 0.29) is 25.4 Å². The van der Waals surface area contributed by atoms with Crippen LogP contribution >= 0.6 is 11.6 Å². The van der Waals surface area contributed by atoms with Crippen LogP contribution < -0.4 is 20.1 Å². The van der Waals surface area contributed by atoms with Crippen molar-refractivity contribution in [3.63, 3.8) is 0 Å². The van der Waals surface area contributed by atoms with Gasteiger partial charge in [0.1, 0.15) is 23.8 Å². The number of nitrogens with zero attached hydrogens (tertiary/aromatic N) is 3. The first-order valence-electron chi connectivity index (χ1n) is 10.2. The standard InChI is InChI=1S/C22H22ClN5O6/c1-31-18-8-19(32-2)16(23)6-15(18)17-7-20(34-27-17)22(30)26-13-9-25-28(11-13)12-21(29)24-10-14-4-3-5-33-14/h3-6,8-9,11,20H,7,10,12H2,1-2H3,(H,24,29)(H,26,30). The highest BCUT2D eigenvalue weighted by molar-refractivity contribution is 6.32. The van der Waals surface area contributed by atoms with Gasteiger partial charge in [-0.15, -0.1) is 0 Å². The molecule has 1 aliphatic rings. The van der Waals surface area contributed by atoms with Crippen molar-refractivity contribution in [3.05, 3.63) is 59.3 Å². The molecule has 1 aliphatic heterocycles. The van der Waals surface area contributed by atoms with Crippen molar-refractivity contribution >= 4 is 34.8 Å². The molecular weight excluding hydrogens is 466 g/mol. The molecule has 0 spiro atoms. The van der Waals surface area contributed by atoms with Crippen molar-refractivity contribution in [2.24, 2.45) is 5.16 Å². The van der Waals surface area contributed by atoms with E-state index < -0.39 is 12.0 Å². The molecule has 4 rings (SSSR count). The molecule has 3 aromatic rings. The van der Waals surface area contributed by atoms with Gasteiger partial charge in [-0.1, -0.05) is 16.8 Å². The second-order valence-electron chi connectivity index (χ2n) is 7.30. The Morgan fingerprint density at radius 2 is 2.09 bits per heavy atom. The maximum absolute atomic E-state index is 12.7. The molecule has 0 radical (unpaired) electrons. The number of rotatable bonds is 9. The molecule has 0 saturated carbocycles. The van der Waals surface area contributed by atoms with Crippen LogP contribution in [0.3, 0.4) is 0 Å². The molecule has 3 heterocycles. The maximum atomic E-state index is 12.7. The fourth-order valence-corrected chi connectivity index (χ4v) is 3.54. The van der Waals surface area contributed by atoms with E-state index in [0.29, 0.717) is 39.2 Å². The second-order valence-corrected chi connectivity index (χ2v) is 7.70. The molecular formula is C22H22ClN5O6. The third kappa shape index (κ3) is 5.31. The third-order valence-electron chi connectivity index (χ3n) is 4.99. The van der Waals surface area contributed by atoms with E-state index in [1.165, 1.54) is 31.4 Å². The lowest BCUT2D eigenvalue weighted by Gasteiger charge is -2.11. The Morgan fingerprint density at radius 3 is 2.82 bits per heavy atom. The van der Waals surface area contributed by atoms with E-state index in [4.69, 9.17) is 30.3 Å². The van der Waals surface area contributed by atoms with Gasteiger partial charge in [0.15, 0.2) is 0 Å². The zero-order valence-electron chi connectivity index (χ0n) is 18.4. The van der Waals surface area contributed by atoms with Crippen LogP contribution in [0.4, 0.5) is 5.69 Å². The molecule has 12 heteroatoms. The average Bonchev–Trinajstić information content (AvgIpc) is 3.60. The molecule has 0 fully saturated rings. The number of carbonyl (C=O) groups excluding carboxylic acids is 2. The summed E-state index contributed by atoms with van der Waals surface area (Å²) in [6, 6.07) is 6.81. The Kier molecular flexibility index (Phi) is 7.02. The molecule has 1 unspecified atom stereocenters. The van der Waals surface area contributed by atoms with Gasteiger partial charge in [0.05, 0.1) is 49.6 Å². The highest BCUT2D eigenvalue weighted by Gasteiger charge is 2.31. The number of amides is 2. The summed E-state index contributed by atoms with van der Waals surface area (Å²) >= 11 is 6.23. The van der Waals surface area contributed by atoms with Crippen LogP contribution in [0.15, 0.2) is 52.5 Å². The number of furan rings is 1. The lowest BCUT2D eigenvalue weighted by Crippen LogP contribution is -2.28.